The second-order valence-corrected chi connectivity index (χ2v) is 4.69. The van der Waals surface area contributed by atoms with Crippen molar-refractivity contribution in [3.63, 3.8) is 0 Å². The molecule has 1 aromatic carbocycles. The van der Waals surface area contributed by atoms with E-state index in [1.165, 1.54) is 6.20 Å². The Kier molecular flexibility index (Phi) is 3.23. The first-order valence-electron chi connectivity index (χ1n) is 6.45. The molecule has 0 spiro atoms. The number of aromatic nitrogens is 2. The molecule has 3 rings (SSSR count). The minimum absolute atomic E-state index is 0.194. The van der Waals surface area contributed by atoms with Crippen LogP contribution in [-0.4, -0.2) is 21.0 Å². The summed E-state index contributed by atoms with van der Waals surface area (Å²) in [6, 6.07) is 9.20. The van der Waals surface area contributed by atoms with E-state index in [2.05, 4.69) is 15.3 Å². The van der Waals surface area contributed by atoms with Crippen LogP contribution in [0.15, 0.2) is 48.9 Å². The van der Waals surface area contributed by atoms with Gasteiger partial charge >= 0.3 is 5.97 Å². The van der Waals surface area contributed by atoms with Crippen LogP contribution in [0, 0.1) is 6.92 Å². The molecular formula is C16H13N3O2. The first-order chi connectivity index (χ1) is 10.2. The van der Waals surface area contributed by atoms with Gasteiger partial charge in [-0.15, -0.1) is 0 Å². The van der Waals surface area contributed by atoms with E-state index in [0.717, 1.165) is 16.6 Å². The lowest BCUT2D eigenvalue weighted by molar-refractivity contribution is 0.0698. The number of hydrogen-bond acceptors (Lipinski definition) is 4. The Labute approximate surface area is 121 Å². The number of hydrogen-bond donors (Lipinski definition) is 2. The van der Waals surface area contributed by atoms with Gasteiger partial charge in [0.15, 0.2) is 0 Å². The molecule has 5 heteroatoms. The largest absolute Gasteiger partial charge is 0.478 e. The van der Waals surface area contributed by atoms with E-state index >= 15 is 0 Å². The van der Waals surface area contributed by atoms with E-state index in [1.807, 2.05) is 31.2 Å². The van der Waals surface area contributed by atoms with Crippen LogP contribution in [0.1, 0.15) is 15.9 Å². The van der Waals surface area contributed by atoms with Gasteiger partial charge < -0.3 is 10.4 Å². The van der Waals surface area contributed by atoms with E-state index < -0.39 is 5.97 Å². The third-order valence-electron chi connectivity index (χ3n) is 3.32. The maximum absolute atomic E-state index is 11.3. The Balaban J connectivity index is 2.14. The average molecular weight is 279 g/mol. The minimum Gasteiger partial charge on any atom is -0.478 e. The molecule has 2 aromatic heterocycles. The molecule has 0 unspecified atom stereocenters. The molecule has 3 aromatic rings. The molecule has 2 heterocycles. The number of carboxylic acid groups (broad SMARTS) is 1. The van der Waals surface area contributed by atoms with Crippen molar-refractivity contribution in [1.29, 1.82) is 0 Å². The van der Waals surface area contributed by atoms with E-state index in [0.29, 0.717) is 11.2 Å². The third kappa shape index (κ3) is 2.41. The summed E-state index contributed by atoms with van der Waals surface area (Å²) >= 11 is 0. The van der Waals surface area contributed by atoms with Gasteiger partial charge in [0.2, 0.25) is 0 Å². The normalized spacial score (nSPS) is 10.5. The smallest absolute Gasteiger partial charge is 0.337 e. The molecule has 5 nitrogen and oxygen atoms in total. The molecule has 0 saturated carbocycles. The summed E-state index contributed by atoms with van der Waals surface area (Å²) in [6.07, 6.45) is 4.81. The van der Waals surface area contributed by atoms with Crippen LogP contribution in [-0.2, 0) is 0 Å². The van der Waals surface area contributed by atoms with Crippen molar-refractivity contribution < 1.29 is 9.90 Å². The third-order valence-corrected chi connectivity index (χ3v) is 3.32. The van der Waals surface area contributed by atoms with Crippen LogP contribution in [0.2, 0.25) is 0 Å². The number of pyridine rings is 2. The second kappa shape index (κ2) is 5.20. The van der Waals surface area contributed by atoms with Crippen molar-refractivity contribution in [1.82, 2.24) is 9.97 Å². The van der Waals surface area contributed by atoms with Crippen molar-refractivity contribution in [2.24, 2.45) is 0 Å². The maximum atomic E-state index is 11.3. The second-order valence-electron chi connectivity index (χ2n) is 4.69. The Hall–Kier alpha value is -2.95. The number of benzene rings is 1. The number of carbonyl (C=O) groups is 1. The average Bonchev–Trinajstić information content (AvgIpc) is 2.49. The summed E-state index contributed by atoms with van der Waals surface area (Å²) in [4.78, 5) is 19.6. The summed E-state index contributed by atoms with van der Waals surface area (Å²) in [7, 11) is 0. The fraction of sp³-hybridized carbons (Fsp3) is 0.0625. The molecule has 0 bridgehead atoms. The number of fused-ring (bicyclic) bond motifs is 1. The van der Waals surface area contributed by atoms with Crippen molar-refractivity contribution in [2.45, 2.75) is 6.92 Å². The van der Waals surface area contributed by atoms with Crippen molar-refractivity contribution in [3.05, 3.63) is 60.0 Å². The van der Waals surface area contributed by atoms with Gasteiger partial charge in [0.05, 0.1) is 17.4 Å². The van der Waals surface area contributed by atoms with Crippen LogP contribution in [0.3, 0.4) is 0 Å². The van der Waals surface area contributed by atoms with Crippen molar-refractivity contribution in [3.8, 4) is 0 Å². The van der Waals surface area contributed by atoms with E-state index in [9.17, 15) is 9.90 Å². The predicted molar refractivity (Wildman–Crippen MR) is 81.0 cm³/mol. The molecular weight excluding hydrogens is 266 g/mol. The topological polar surface area (TPSA) is 75.1 Å². The highest BCUT2D eigenvalue weighted by molar-refractivity contribution is 6.06. The maximum Gasteiger partial charge on any atom is 0.337 e. The zero-order chi connectivity index (χ0) is 14.8. The van der Waals surface area contributed by atoms with Crippen LogP contribution < -0.4 is 5.32 Å². The van der Waals surface area contributed by atoms with Crippen LogP contribution in [0.5, 0.6) is 0 Å². The lowest BCUT2D eigenvalue weighted by Crippen LogP contribution is -2.02. The summed E-state index contributed by atoms with van der Waals surface area (Å²) < 4.78 is 0. The van der Waals surface area contributed by atoms with Gasteiger partial charge in [-0.25, -0.2) is 9.78 Å². The van der Waals surface area contributed by atoms with Crippen LogP contribution in [0.4, 0.5) is 11.5 Å². The fourth-order valence-corrected chi connectivity index (χ4v) is 2.19. The zero-order valence-electron chi connectivity index (χ0n) is 11.4. The fourth-order valence-electron chi connectivity index (χ4n) is 2.19. The molecule has 0 amide bonds. The van der Waals surface area contributed by atoms with Crippen molar-refractivity contribution >= 4 is 28.2 Å². The number of carboxylic acids is 1. The molecule has 0 fully saturated rings. The molecule has 21 heavy (non-hydrogen) atoms. The van der Waals surface area contributed by atoms with E-state index in [1.54, 1.807) is 18.5 Å². The molecule has 0 saturated heterocycles. The predicted octanol–water partition coefficient (Wildman–Crippen LogP) is 3.38. The Bertz CT molecular complexity index is 831. The Morgan fingerprint density at radius 2 is 1.90 bits per heavy atom. The summed E-state index contributed by atoms with van der Waals surface area (Å²) in [6.45, 7) is 1.97. The number of rotatable bonds is 3. The van der Waals surface area contributed by atoms with Gasteiger partial charge in [0.1, 0.15) is 5.82 Å². The highest BCUT2D eigenvalue weighted by Gasteiger charge is 2.12. The Morgan fingerprint density at radius 3 is 2.62 bits per heavy atom. The standard InChI is InChI=1S/C16H13N3O2/c1-10-6-7-17-9-14(10)19-15-12-5-3-2-4-11(12)13(8-18-15)16(20)21/h2-9H,1H3,(H,18,19)(H,20,21). The van der Waals surface area contributed by atoms with Gasteiger partial charge in [-0.3, -0.25) is 4.98 Å². The number of aromatic carboxylic acids is 1. The van der Waals surface area contributed by atoms with Crippen LogP contribution >= 0.6 is 0 Å². The van der Waals surface area contributed by atoms with Crippen molar-refractivity contribution in [2.75, 3.05) is 5.32 Å². The van der Waals surface area contributed by atoms with Gasteiger partial charge in [-0.05, 0) is 18.6 Å². The SMILES string of the molecule is Cc1ccncc1Nc1ncc(C(=O)O)c2ccccc12. The highest BCUT2D eigenvalue weighted by atomic mass is 16.4. The first-order valence-corrected chi connectivity index (χ1v) is 6.45. The van der Waals surface area contributed by atoms with Gasteiger partial charge in [-0.2, -0.15) is 0 Å². The number of aryl methyl sites for hydroxylation is 1. The lowest BCUT2D eigenvalue weighted by Gasteiger charge is -2.11. The van der Waals surface area contributed by atoms with Crippen LogP contribution in [0.25, 0.3) is 10.8 Å². The monoisotopic (exact) mass is 279 g/mol. The zero-order valence-corrected chi connectivity index (χ0v) is 11.4. The lowest BCUT2D eigenvalue weighted by atomic mass is 10.1. The first kappa shape index (κ1) is 13.1. The van der Waals surface area contributed by atoms with E-state index in [-0.39, 0.29) is 5.56 Å². The molecule has 104 valence electrons. The molecule has 0 aliphatic heterocycles. The molecule has 0 aliphatic carbocycles. The molecule has 0 radical (unpaired) electrons. The quantitative estimate of drug-likeness (QED) is 0.768. The highest BCUT2D eigenvalue weighted by Crippen LogP contribution is 2.27. The van der Waals surface area contributed by atoms with E-state index in [4.69, 9.17) is 0 Å². The number of nitrogens with zero attached hydrogens (tertiary/aromatic N) is 2. The molecule has 2 N–H and O–H groups in total. The Morgan fingerprint density at radius 1 is 1.14 bits per heavy atom. The number of nitrogens with one attached hydrogen (secondary N) is 1. The van der Waals surface area contributed by atoms with Gasteiger partial charge in [0.25, 0.3) is 0 Å². The van der Waals surface area contributed by atoms with Gasteiger partial charge in [-0.1, -0.05) is 24.3 Å². The number of anilines is 2. The summed E-state index contributed by atoms with van der Waals surface area (Å²) in [5.74, 6) is -0.366. The molecule has 0 aliphatic rings. The minimum atomic E-state index is -0.984. The molecule has 0 atom stereocenters. The summed E-state index contributed by atoms with van der Waals surface area (Å²) in [5, 5.41) is 13.9. The summed E-state index contributed by atoms with van der Waals surface area (Å²) in [5.41, 5.74) is 2.08. The van der Waals surface area contributed by atoms with Gasteiger partial charge in [0, 0.05) is 23.2 Å².